The van der Waals surface area contributed by atoms with Gasteiger partial charge in [-0.15, -0.1) is 0 Å². The molecule has 0 aromatic heterocycles. The monoisotopic (exact) mass is 481 g/mol. The molecule has 4 rings (SSSR count). The summed E-state index contributed by atoms with van der Waals surface area (Å²) in [6.07, 6.45) is 0.984. The van der Waals surface area contributed by atoms with E-state index in [0.717, 1.165) is 16.8 Å². The predicted molar refractivity (Wildman–Crippen MR) is 130 cm³/mol. The molecule has 1 aliphatic heterocycles. The van der Waals surface area contributed by atoms with Gasteiger partial charge in [0.2, 0.25) is 0 Å². The number of benzene rings is 2. The number of allylic oxidation sites excluding steroid dienone is 3. The van der Waals surface area contributed by atoms with Crippen LogP contribution in [0.1, 0.15) is 49.7 Å². The molecular weight excluding hydrogens is 454 g/mol. The second kappa shape index (κ2) is 9.94. The van der Waals surface area contributed by atoms with Gasteiger partial charge in [0.05, 0.1) is 32.3 Å². The third kappa shape index (κ3) is 4.42. The summed E-state index contributed by atoms with van der Waals surface area (Å²) < 4.78 is 16.4. The van der Waals surface area contributed by atoms with E-state index < -0.39 is 11.9 Å². The van der Waals surface area contributed by atoms with Gasteiger partial charge in [0.15, 0.2) is 5.78 Å². The van der Waals surface area contributed by atoms with Gasteiger partial charge in [-0.3, -0.25) is 4.79 Å². The average molecular weight is 482 g/mol. The third-order valence-corrected chi connectivity index (χ3v) is 6.67. The second-order valence-corrected chi connectivity index (χ2v) is 8.83. The average Bonchev–Trinajstić information content (AvgIpc) is 2.83. The third-order valence-electron chi connectivity index (χ3n) is 6.42. The zero-order chi connectivity index (χ0) is 24.4. The number of halogens is 1. The number of ether oxygens (including phenoxy) is 3. The molecule has 0 saturated heterocycles. The Morgan fingerprint density at radius 3 is 2.47 bits per heavy atom. The van der Waals surface area contributed by atoms with Crippen LogP contribution in [0.15, 0.2) is 65.0 Å². The van der Waals surface area contributed by atoms with Gasteiger partial charge in [-0.1, -0.05) is 29.8 Å². The van der Waals surface area contributed by atoms with E-state index in [1.807, 2.05) is 43.3 Å². The number of rotatable bonds is 6. The Balaban J connectivity index is 1.84. The number of carbonyl (C=O) groups excluding carboxylic acids is 2. The van der Waals surface area contributed by atoms with Crippen molar-refractivity contribution in [2.45, 2.75) is 38.5 Å². The molecule has 2 atom stereocenters. The molecule has 2 aromatic carbocycles. The van der Waals surface area contributed by atoms with Gasteiger partial charge in [0.25, 0.3) is 0 Å². The highest BCUT2D eigenvalue weighted by atomic mass is 35.5. The lowest BCUT2D eigenvalue weighted by molar-refractivity contribution is -0.138. The molecule has 2 aliphatic rings. The Hall–Kier alpha value is -3.25. The molecule has 0 amide bonds. The summed E-state index contributed by atoms with van der Waals surface area (Å²) in [6, 6.07) is 13.0. The first-order valence-corrected chi connectivity index (χ1v) is 11.6. The first-order valence-electron chi connectivity index (χ1n) is 11.3. The minimum absolute atomic E-state index is 0.00845. The van der Waals surface area contributed by atoms with Crippen LogP contribution >= 0.6 is 11.6 Å². The predicted octanol–water partition coefficient (Wildman–Crippen LogP) is 5.28. The smallest absolute Gasteiger partial charge is 0.336 e. The summed E-state index contributed by atoms with van der Waals surface area (Å²) in [5.41, 5.74) is 4.28. The number of ketones is 1. The number of hydrogen-bond donors (Lipinski definition) is 1. The first kappa shape index (κ1) is 23.9. The zero-order valence-corrected chi connectivity index (χ0v) is 20.5. The number of dihydropyridines is 1. The molecule has 0 spiro atoms. The van der Waals surface area contributed by atoms with Gasteiger partial charge in [-0.2, -0.15) is 0 Å². The van der Waals surface area contributed by atoms with Crippen LogP contribution in [0.5, 0.6) is 11.5 Å². The minimum Gasteiger partial charge on any atom is -0.497 e. The van der Waals surface area contributed by atoms with Crippen molar-refractivity contribution in [2.75, 3.05) is 20.8 Å². The maximum Gasteiger partial charge on any atom is 0.336 e. The van der Waals surface area contributed by atoms with Crippen molar-refractivity contribution in [2.24, 2.45) is 0 Å². The van der Waals surface area contributed by atoms with Gasteiger partial charge in [0, 0.05) is 40.0 Å². The standard InChI is InChI=1S/C27H28ClNO5/c1-5-34-27(31)24-15(2)29-21-12-17(16-6-8-18(28)9-7-16)13-22(30)26(21)25(24)20-11-10-19(32-3)14-23(20)33-4/h6-11,14,17,25,29H,5,12-13H2,1-4H3/t17-,25+/m1/s1. The molecule has 7 heteroatoms. The molecule has 1 N–H and O–H groups in total. The first-order chi connectivity index (χ1) is 16.4. The number of methoxy groups -OCH3 is 2. The van der Waals surface area contributed by atoms with Gasteiger partial charge in [-0.25, -0.2) is 4.79 Å². The van der Waals surface area contributed by atoms with Crippen LogP contribution in [0.3, 0.4) is 0 Å². The van der Waals surface area contributed by atoms with Crippen molar-refractivity contribution in [1.29, 1.82) is 0 Å². The van der Waals surface area contributed by atoms with Crippen LogP contribution < -0.4 is 14.8 Å². The number of esters is 1. The van der Waals surface area contributed by atoms with E-state index in [0.29, 0.717) is 46.2 Å². The summed E-state index contributed by atoms with van der Waals surface area (Å²) in [4.78, 5) is 26.7. The van der Waals surface area contributed by atoms with Crippen molar-refractivity contribution >= 4 is 23.4 Å². The van der Waals surface area contributed by atoms with Gasteiger partial charge < -0.3 is 19.5 Å². The molecule has 2 aromatic rings. The van der Waals surface area contributed by atoms with Crippen LogP contribution in [0.2, 0.25) is 5.02 Å². The topological polar surface area (TPSA) is 73.9 Å². The molecule has 1 heterocycles. The lowest BCUT2D eigenvalue weighted by Crippen LogP contribution is -2.36. The van der Waals surface area contributed by atoms with Crippen LogP contribution in [0, 0.1) is 0 Å². The summed E-state index contributed by atoms with van der Waals surface area (Å²) >= 11 is 6.06. The fraction of sp³-hybridized carbons (Fsp3) is 0.333. The lowest BCUT2D eigenvalue weighted by atomic mass is 9.71. The van der Waals surface area contributed by atoms with Crippen molar-refractivity contribution in [3.63, 3.8) is 0 Å². The molecule has 6 nitrogen and oxygen atoms in total. The van der Waals surface area contributed by atoms with E-state index in [1.54, 1.807) is 27.2 Å². The highest BCUT2D eigenvalue weighted by Gasteiger charge is 2.42. The fourth-order valence-corrected chi connectivity index (χ4v) is 4.98. The van der Waals surface area contributed by atoms with E-state index in [9.17, 15) is 9.59 Å². The number of nitrogens with one attached hydrogen (secondary N) is 1. The van der Waals surface area contributed by atoms with E-state index in [2.05, 4.69) is 5.32 Å². The van der Waals surface area contributed by atoms with Crippen molar-refractivity contribution in [1.82, 2.24) is 5.32 Å². The van der Waals surface area contributed by atoms with E-state index >= 15 is 0 Å². The highest BCUT2D eigenvalue weighted by Crippen LogP contribution is 2.48. The van der Waals surface area contributed by atoms with Crippen LogP contribution in [-0.2, 0) is 14.3 Å². The van der Waals surface area contributed by atoms with E-state index in [-0.39, 0.29) is 18.3 Å². The fourth-order valence-electron chi connectivity index (χ4n) is 4.86. The molecule has 178 valence electrons. The van der Waals surface area contributed by atoms with Gasteiger partial charge >= 0.3 is 5.97 Å². The highest BCUT2D eigenvalue weighted by molar-refractivity contribution is 6.30. The second-order valence-electron chi connectivity index (χ2n) is 8.40. The molecule has 0 radical (unpaired) electrons. The summed E-state index contributed by atoms with van der Waals surface area (Å²) in [6.45, 7) is 3.84. The lowest BCUT2D eigenvalue weighted by Gasteiger charge is -2.37. The molecule has 0 fully saturated rings. The number of Topliss-reactive ketones (excluding diaryl/α,β-unsaturated/α-hetero) is 1. The van der Waals surface area contributed by atoms with Gasteiger partial charge in [0.1, 0.15) is 11.5 Å². The van der Waals surface area contributed by atoms with E-state index in [4.69, 9.17) is 25.8 Å². The van der Waals surface area contributed by atoms with Crippen molar-refractivity contribution in [3.05, 3.63) is 81.2 Å². The Bertz CT molecular complexity index is 1180. The molecule has 34 heavy (non-hydrogen) atoms. The molecule has 0 unspecified atom stereocenters. The Kier molecular flexibility index (Phi) is 6.98. The summed E-state index contributed by atoms with van der Waals surface area (Å²) in [5, 5.41) is 4.01. The number of carbonyl (C=O) groups is 2. The van der Waals surface area contributed by atoms with Gasteiger partial charge in [-0.05, 0) is 49.9 Å². The van der Waals surface area contributed by atoms with Crippen molar-refractivity contribution in [3.8, 4) is 11.5 Å². The summed E-state index contributed by atoms with van der Waals surface area (Å²) in [5.74, 6) is 0.127. The van der Waals surface area contributed by atoms with Crippen LogP contribution in [0.25, 0.3) is 0 Å². The van der Waals surface area contributed by atoms with Crippen LogP contribution in [-0.4, -0.2) is 32.6 Å². The number of hydrogen-bond acceptors (Lipinski definition) is 6. The van der Waals surface area contributed by atoms with Crippen LogP contribution in [0.4, 0.5) is 0 Å². The van der Waals surface area contributed by atoms with Crippen molar-refractivity contribution < 1.29 is 23.8 Å². The normalized spacial score (nSPS) is 20.0. The zero-order valence-electron chi connectivity index (χ0n) is 19.7. The maximum absolute atomic E-state index is 13.7. The SMILES string of the molecule is CCOC(=O)C1=C(C)NC2=C(C(=O)C[C@H](c3ccc(Cl)cc3)C2)[C@H]1c1ccc(OC)cc1OC. The summed E-state index contributed by atoms with van der Waals surface area (Å²) in [7, 11) is 3.14. The molecule has 1 aliphatic carbocycles. The minimum atomic E-state index is -0.602. The Morgan fingerprint density at radius 1 is 1.09 bits per heavy atom. The quantitative estimate of drug-likeness (QED) is 0.566. The Labute approximate surface area is 204 Å². The molecule has 0 saturated carbocycles. The Morgan fingerprint density at radius 2 is 1.82 bits per heavy atom. The van der Waals surface area contributed by atoms with E-state index in [1.165, 1.54) is 0 Å². The maximum atomic E-state index is 13.7. The molecular formula is C27H28ClNO5. The molecule has 0 bridgehead atoms. The largest absolute Gasteiger partial charge is 0.497 e.